The van der Waals surface area contributed by atoms with Crippen molar-refractivity contribution in [2.75, 3.05) is 0 Å². The fourth-order valence-corrected chi connectivity index (χ4v) is 3.84. The van der Waals surface area contributed by atoms with E-state index >= 15 is 0 Å². The van der Waals surface area contributed by atoms with E-state index in [0.29, 0.717) is 5.39 Å². The van der Waals surface area contributed by atoms with Crippen LogP contribution in [-0.2, 0) is 0 Å². The second-order valence-corrected chi connectivity index (χ2v) is 7.11. The van der Waals surface area contributed by atoms with Crippen LogP contribution in [0.3, 0.4) is 0 Å². The molecule has 144 valence electrons. The number of amides is 1. The highest BCUT2D eigenvalue weighted by Crippen LogP contribution is 2.29. The Kier molecular flexibility index (Phi) is 4.37. The van der Waals surface area contributed by atoms with Gasteiger partial charge in [0.1, 0.15) is 5.75 Å². The maximum absolute atomic E-state index is 12.6. The van der Waals surface area contributed by atoms with E-state index in [0.717, 1.165) is 32.5 Å². The third kappa shape index (κ3) is 3.05. The van der Waals surface area contributed by atoms with Crippen LogP contribution in [-0.4, -0.2) is 17.2 Å². The number of nitrogens with zero attached hydrogens (tertiary/aromatic N) is 1. The van der Waals surface area contributed by atoms with Crippen molar-refractivity contribution in [3.8, 4) is 5.75 Å². The number of hydrogen-bond acceptors (Lipinski definition) is 3. The van der Waals surface area contributed by atoms with E-state index < -0.39 is 5.91 Å². The number of carbonyl (C=O) groups excluding carboxylic acids is 1. The Morgan fingerprint density at radius 3 is 1.97 bits per heavy atom. The predicted molar refractivity (Wildman–Crippen MR) is 122 cm³/mol. The first-order valence-electron chi connectivity index (χ1n) is 9.67. The summed E-state index contributed by atoms with van der Waals surface area (Å²) in [4.78, 5) is 12.6. The van der Waals surface area contributed by atoms with Crippen LogP contribution in [0.1, 0.15) is 15.9 Å². The van der Waals surface area contributed by atoms with E-state index in [1.165, 1.54) is 0 Å². The molecular weight excluding hydrogens is 372 g/mol. The Hall–Kier alpha value is -4.18. The monoisotopic (exact) mass is 390 g/mol. The van der Waals surface area contributed by atoms with Gasteiger partial charge >= 0.3 is 0 Å². The summed E-state index contributed by atoms with van der Waals surface area (Å²) in [5.41, 5.74) is 3.68. The van der Waals surface area contributed by atoms with Gasteiger partial charge in [-0.3, -0.25) is 4.79 Å². The molecule has 0 unspecified atom stereocenters. The smallest absolute Gasteiger partial charge is 0.275 e. The minimum atomic E-state index is -0.459. The van der Waals surface area contributed by atoms with Crippen LogP contribution in [0.25, 0.3) is 32.3 Å². The number of phenolic OH excluding ortho intramolecular Hbond substituents is 1. The van der Waals surface area contributed by atoms with E-state index in [-0.39, 0.29) is 11.3 Å². The summed E-state index contributed by atoms with van der Waals surface area (Å²) >= 11 is 0. The number of hydrazone groups is 1. The molecule has 0 saturated carbocycles. The van der Waals surface area contributed by atoms with Gasteiger partial charge in [-0.25, -0.2) is 5.43 Å². The standard InChI is InChI=1S/C26H18N2O2/c29-25-22-12-6-1-7-17(22)13-14-23(25)26(30)28-27-16-24-20-10-4-2-8-18(20)15-19-9-3-5-11-21(19)24/h1-16,29H,(H,28,30). The summed E-state index contributed by atoms with van der Waals surface area (Å²) in [5.74, 6) is -0.504. The van der Waals surface area contributed by atoms with Gasteiger partial charge in [0.25, 0.3) is 5.91 Å². The number of hydrogen-bond donors (Lipinski definition) is 2. The van der Waals surface area contributed by atoms with Crippen LogP contribution in [0.4, 0.5) is 0 Å². The molecule has 1 amide bonds. The summed E-state index contributed by atoms with van der Waals surface area (Å²) in [6.45, 7) is 0. The number of rotatable bonds is 3. The molecule has 0 aromatic heterocycles. The topological polar surface area (TPSA) is 61.7 Å². The minimum absolute atomic E-state index is 0.0450. The fourth-order valence-electron chi connectivity index (χ4n) is 3.84. The zero-order chi connectivity index (χ0) is 20.5. The van der Waals surface area contributed by atoms with Crippen molar-refractivity contribution >= 4 is 44.4 Å². The van der Waals surface area contributed by atoms with E-state index in [4.69, 9.17) is 0 Å². The Balaban J connectivity index is 1.51. The van der Waals surface area contributed by atoms with Gasteiger partial charge in [-0.15, -0.1) is 0 Å². The summed E-state index contributed by atoms with van der Waals surface area (Å²) in [7, 11) is 0. The van der Waals surface area contributed by atoms with Gasteiger partial charge in [0, 0.05) is 10.9 Å². The Bertz CT molecular complexity index is 1400. The Morgan fingerprint density at radius 1 is 0.733 bits per heavy atom. The lowest BCUT2D eigenvalue weighted by molar-refractivity contribution is 0.0952. The molecule has 0 heterocycles. The van der Waals surface area contributed by atoms with Gasteiger partial charge in [-0.1, -0.05) is 78.9 Å². The normalized spacial score (nSPS) is 11.5. The number of aromatic hydroxyl groups is 1. The van der Waals surface area contributed by atoms with Gasteiger partial charge in [-0.2, -0.15) is 5.10 Å². The first kappa shape index (κ1) is 17.9. The van der Waals surface area contributed by atoms with E-state index in [1.807, 2.05) is 60.7 Å². The van der Waals surface area contributed by atoms with Gasteiger partial charge in [0.05, 0.1) is 11.8 Å². The number of carbonyl (C=O) groups is 1. The number of benzene rings is 5. The zero-order valence-corrected chi connectivity index (χ0v) is 16.0. The van der Waals surface area contributed by atoms with Crippen LogP contribution in [0.15, 0.2) is 96.1 Å². The van der Waals surface area contributed by atoms with E-state index in [9.17, 15) is 9.90 Å². The molecule has 5 rings (SSSR count). The molecule has 0 saturated heterocycles. The van der Waals surface area contributed by atoms with Gasteiger partial charge < -0.3 is 5.11 Å². The van der Waals surface area contributed by atoms with E-state index in [1.54, 1.807) is 18.3 Å². The van der Waals surface area contributed by atoms with E-state index in [2.05, 4.69) is 28.7 Å². The van der Waals surface area contributed by atoms with Crippen molar-refractivity contribution in [1.82, 2.24) is 5.43 Å². The highest BCUT2D eigenvalue weighted by Gasteiger charge is 2.13. The van der Waals surface area contributed by atoms with Crippen molar-refractivity contribution < 1.29 is 9.90 Å². The molecule has 0 atom stereocenters. The molecule has 0 aliphatic rings. The molecule has 0 fully saturated rings. The lowest BCUT2D eigenvalue weighted by atomic mass is 9.97. The lowest BCUT2D eigenvalue weighted by Crippen LogP contribution is -2.17. The minimum Gasteiger partial charge on any atom is -0.506 e. The molecule has 4 nitrogen and oxygen atoms in total. The van der Waals surface area contributed by atoms with Crippen LogP contribution in [0.2, 0.25) is 0 Å². The summed E-state index contributed by atoms with van der Waals surface area (Å²) in [5, 5.41) is 20.5. The van der Waals surface area contributed by atoms with Crippen molar-refractivity contribution in [1.29, 1.82) is 0 Å². The molecule has 5 aromatic carbocycles. The fraction of sp³-hybridized carbons (Fsp3) is 0. The highest BCUT2D eigenvalue weighted by molar-refractivity contribution is 6.13. The Morgan fingerprint density at radius 2 is 1.30 bits per heavy atom. The second kappa shape index (κ2) is 7.33. The maximum atomic E-state index is 12.6. The van der Waals surface area contributed by atoms with Crippen LogP contribution < -0.4 is 5.43 Å². The van der Waals surface area contributed by atoms with Crippen molar-refractivity contribution in [2.24, 2.45) is 5.10 Å². The van der Waals surface area contributed by atoms with Crippen LogP contribution >= 0.6 is 0 Å². The number of fused-ring (bicyclic) bond motifs is 3. The van der Waals surface area contributed by atoms with Gasteiger partial charge in [-0.05, 0) is 39.1 Å². The van der Waals surface area contributed by atoms with Gasteiger partial charge in [0.15, 0.2) is 0 Å². The average molecular weight is 390 g/mol. The first-order valence-corrected chi connectivity index (χ1v) is 9.67. The molecule has 2 N–H and O–H groups in total. The third-order valence-electron chi connectivity index (χ3n) is 5.32. The van der Waals surface area contributed by atoms with Gasteiger partial charge in [0.2, 0.25) is 0 Å². The summed E-state index contributed by atoms with van der Waals surface area (Å²) in [6.07, 6.45) is 1.67. The van der Waals surface area contributed by atoms with Crippen LogP contribution in [0.5, 0.6) is 5.75 Å². The largest absolute Gasteiger partial charge is 0.506 e. The maximum Gasteiger partial charge on any atom is 0.275 e. The molecule has 0 spiro atoms. The molecule has 30 heavy (non-hydrogen) atoms. The molecule has 4 heteroatoms. The van der Waals surface area contributed by atoms with Crippen molar-refractivity contribution in [3.63, 3.8) is 0 Å². The van der Waals surface area contributed by atoms with Crippen molar-refractivity contribution in [2.45, 2.75) is 0 Å². The lowest BCUT2D eigenvalue weighted by Gasteiger charge is -2.08. The highest BCUT2D eigenvalue weighted by atomic mass is 16.3. The molecule has 0 radical (unpaired) electrons. The quantitative estimate of drug-likeness (QED) is 0.239. The molecule has 0 aliphatic carbocycles. The summed E-state index contributed by atoms with van der Waals surface area (Å²) in [6, 6.07) is 29.1. The average Bonchev–Trinajstić information content (AvgIpc) is 2.79. The zero-order valence-electron chi connectivity index (χ0n) is 16.0. The number of nitrogens with one attached hydrogen (secondary N) is 1. The molecular formula is C26H18N2O2. The first-order chi connectivity index (χ1) is 14.7. The molecule has 0 bridgehead atoms. The van der Waals surface area contributed by atoms with Crippen LogP contribution in [0, 0.1) is 0 Å². The SMILES string of the molecule is O=C(NN=Cc1c2ccccc2cc2ccccc12)c1ccc2ccccc2c1O. The Labute approximate surface area is 173 Å². The predicted octanol–water partition coefficient (Wildman–Crippen LogP) is 5.62. The molecule has 5 aromatic rings. The summed E-state index contributed by atoms with van der Waals surface area (Å²) < 4.78 is 0. The van der Waals surface area contributed by atoms with Crippen molar-refractivity contribution in [3.05, 3.63) is 102 Å². The number of phenols is 1. The second-order valence-electron chi connectivity index (χ2n) is 7.11. The third-order valence-corrected chi connectivity index (χ3v) is 5.32. The molecule has 0 aliphatic heterocycles.